The van der Waals surface area contributed by atoms with Crippen LogP contribution in [-0.4, -0.2) is 41.6 Å². The van der Waals surface area contributed by atoms with Crippen molar-refractivity contribution in [1.29, 1.82) is 0 Å². The Labute approximate surface area is 122 Å². The predicted molar refractivity (Wildman–Crippen MR) is 79.3 cm³/mol. The molecule has 1 amide bonds. The van der Waals surface area contributed by atoms with Gasteiger partial charge in [0.15, 0.2) is 6.61 Å². The minimum Gasteiger partial charge on any atom is -0.483 e. The molecule has 2 N–H and O–H groups in total. The van der Waals surface area contributed by atoms with Gasteiger partial charge in [0.05, 0.1) is 5.75 Å². The standard InChI is InChI=1S/C14H19NO4S/c1-2-11-5-3-4-6-12(11)19-9-13(16)15-7-8-20-10-14(17)18/h3-6H,2,7-10H2,1H3,(H,15,16)(H,17,18). The highest BCUT2D eigenvalue weighted by molar-refractivity contribution is 7.99. The number of ether oxygens (including phenoxy) is 1. The molecule has 20 heavy (non-hydrogen) atoms. The Morgan fingerprint density at radius 3 is 2.80 bits per heavy atom. The molecule has 0 spiro atoms. The number of rotatable bonds is 9. The fraction of sp³-hybridized carbons (Fsp3) is 0.429. The topological polar surface area (TPSA) is 75.6 Å². The van der Waals surface area contributed by atoms with E-state index in [4.69, 9.17) is 9.84 Å². The molecule has 110 valence electrons. The number of carboxylic acids is 1. The molecule has 1 aromatic carbocycles. The highest BCUT2D eigenvalue weighted by Gasteiger charge is 2.05. The van der Waals surface area contributed by atoms with Gasteiger partial charge in [0.2, 0.25) is 0 Å². The lowest BCUT2D eigenvalue weighted by Crippen LogP contribution is -2.30. The monoisotopic (exact) mass is 297 g/mol. The number of nitrogens with one attached hydrogen (secondary N) is 1. The van der Waals surface area contributed by atoms with Gasteiger partial charge in [-0.3, -0.25) is 9.59 Å². The van der Waals surface area contributed by atoms with E-state index in [-0.39, 0.29) is 18.3 Å². The van der Waals surface area contributed by atoms with Crippen molar-refractivity contribution in [2.45, 2.75) is 13.3 Å². The van der Waals surface area contributed by atoms with E-state index in [0.29, 0.717) is 12.3 Å². The number of thioether (sulfide) groups is 1. The summed E-state index contributed by atoms with van der Waals surface area (Å²) in [5, 5.41) is 11.1. The summed E-state index contributed by atoms with van der Waals surface area (Å²) in [5.74, 6) is 0.304. The van der Waals surface area contributed by atoms with Gasteiger partial charge < -0.3 is 15.2 Å². The first-order valence-electron chi connectivity index (χ1n) is 6.40. The Balaban J connectivity index is 2.21. The normalized spacial score (nSPS) is 10.1. The number of hydrogen-bond donors (Lipinski definition) is 2. The molecule has 0 saturated heterocycles. The van der Waals surface area contributed by atoms with Gasteiger partial charge in [0.1, 0.15) is 5.75 Å². The third-order valence-corrected chi connectivity index (χ3v) is 3.45. The first kappa shape index (κ1) is 16.4. The second kappa shape index (κ2) is 9.25. The zero-order valence-electron chi connectivity index (χ0n) is 11.4. The molecule has 0 unspecified atom stereocenters. The van der Waals surface area contributed by atoms with Gasteiger partial charge in [-0.15, -0.1) is 11.8 Å². The van der Waals surface area contributed by atoms with Gasteiger partial charge in [0, 0.05) is 12.3 Å². The molecular formula is C14H19NO4S. The van der Waals surface area contributed by atoms with Crippen LogP contribution in [0.25, 0.3) is 0 Å². The molecule has 0 saturated carbocycles. The maximum Gasteiger partial charge on any atom is 0.313 e. The SMILES string of the molecule is CCc1ccccc1OCC(=O)NCCSCC(=O)O. The van der Waals surface area contributed by atoms with Gasteiger partial charge in [-0.05, 0) is 18.1 Å². The first-order valence-corrected chi connectivity index (χ1v) is 7.56. The van der Waals surface area contributed by atoms with Crippen LogP contribution in [0.15, 0.2) is 24.3 Å². The van der Waals surface area contributed by atoms with Gasteiger partial charge in [-0.2, -0.15) is 0 Å². The van der Waals surface area contributed by atoms with Crippen LogP contribution in [-0.2, 0) is 16.0 Å². The predicted octanol–water partition coefficient (Wildman–Crippen LogP) is 1.56. The second-order valence-corrected chi connectivity index (χ2v) is 5.15. The highest BCUT2D eigenvalue weighted by atomic mass is 32.2. The molecule has 0 bridgehead atoms. The smallest absolute Gasteiger partial charge is 0.313 e. The van der Waals surface area contributed by atoms with E-state index in [2.05, 4.69) is 5.32 Å². The number of aliphatic carboxylic acids is 1. The minimum absolute atomic E-state index is 0.0272. The van der Waals surface area contributed by atoms with Gasteiger partial charge in [0.25, 0.3) is 5.91 Å². The fourth-order valence-corrected chi connectivity index (χ4v) is 2.12. The van der Waals surface area contributed by atoms with Gasteiger partial charge in [-0.25, -0.2) is 0 Å². The van der Waals surface area contributed by atoms with E-state index in [1.165, 1.54) is 11.8 Å². The Morgan fingerprint density at radius 1 is 1.35 bits per heavy atom. The van der Waals surface area contributed by atoms with Crippen LogP contribution in [0, 0.1) is 0 Å². The van der Waals surface area contributed by atoms with Crippen molar-refractivity contribution >= 4 is 23.6 Å². The minimum atomic E-state index is -0.846. The molecule has 0 atom stereocenters. The molecule has 1 aromatic rings. The van der Waals surface area contributed by atoms with Crippen molar-refractivity contribution in [1.82, 2.24) is 5.32 Å². The molecule has 0 radical (unpaired) electrons. The summed E-state index contributed by atoms with van der Waals surface area (Å²) in [5.41, 5.74) is 1.07. The highest BCUT2D eigenvalue weighted by Crippen LogP contribution is 2.17. The van der Waals surface area contributed by atoms with E-state index in [9.17, 15) is 9.59 Å². The summed E-state index contributed by atoms with van der Waals surface area (Å²) in [6.07, 6.45) is 0.851. The fourth-order valence-electron chi connectivity index (χ4n) is 1.55. The lowest BCUT2D eigenvalue weighted by atomic mass is 10.1. The molecule has 0 aliphatic carbocycles. The largest absolute Gasteiger partial charge is 0.483 e. The van der Waals surface area contributed by atoms with E-state index < -0.39 is 5.97 Å². The van der Waals surface area contributed by atoms with Crippen molar-refractivity contribution in [3.05, 3.63) is 29.8 Å². The Kier molecular flexibility index (Phi) is 7.57. The zero-order chi connectivity index (χ0) is 14.8. The number of para-hydroxylation sites is 1. The van der Waals surface area contributed by atoms with Crippen molar-refractivity contribution in [2.75, 3.05) is 24.7 Å². The van der Waals surface area contributed by atoms with E-state index in [1.807, 2.05) is 31.2 Å². The summed E-state index contributed by atoms with van der Waals surface area (Å²) in [7, 11) is 0. The molecule has 5 nitrogen and oxygen atoms in total. The Hall–Kier alpha value is -1.69. The Morgan fingerprint density at radius 2 is 2.10 bits per heavy atom. The van der Waals surface area contributed by atoms with Gasteiger partial charge >= 0.3 is 5.97 Å². The van der Waals surface area contributed by atoms with Crippen LogP contribution in [0.1, 0.15) is 12.5 Å². The average molecular weight is 297 g/mol. The molecule has 0 aliphatic heterocycles. The molecule has 0 aliphatic rings. The van der Waals surface area contributed by atoms with Crippen molar-refractivity contribution < 1.29 is 19.4 Å². The summed E-state index contributed by atoms with van der Waals surface area (Å²) in [4.78, 5) is 21.8. The van der Waals surface area contributed by atoms with Crippen LogP contribution >= 0.6 is 11.8 Å². The number of benzene rings is 1. The molecule has 0 aromatic heterocycles. The van der Waals surface area contributed by atoms with Gasteiger partial charge in [-0.1, -0.05) is 25.1 Å². The molecule has 6 heteroatoms. The number of carbonyl (C=O) groups excluding carboxylic acids is 1. The number of carboxylic acid groups (broad SMARTS) is 1. The number of hydrogen-bond acceptors (Lipinski definition) is 4. The second-order valence-electron chi connectivity index (χ2n) is 4.05. The zero-order valence-corrected chi connectivity index (χ0v) is 12.2. The quantitative estimate of drug-likeness (QED) is 0.677. The summed E-state index contributed by atoms with van der Waals surface area (Å²) < 4.78 is 5.47. The van der Waals surface area contributed by atoms with Crippen LogP contribution in [0.4, 0.5) is 0 Å². The maximum absolute atomic E-state index is 11.6. The summed E-state index contributed by atoms with van der Waals surface area (Å²) >= 11 is 1.27. The third kappa shape index (κ3) is 6.47. The first-order chi connectivity index (χ1) is 9.63. The number of amides is 1. The number of carbonyl (C=O) groups is 2. The van der Waals surface area contributed by atoms with E-state index in [0.717, 1.165) is 17.7 Å². The molecule has 0 heterocycles. The van der Waals surface area contributed by atoms with E-state index >= 15 is 0 Å². The van der Waals surface area contributed by atoms with Crippen LogP contribution in [0.2, 0.25) is 0 Å². The summed E-state index contributed by atoms with van der Waals surface area (Å²) in [6, 6.07) is 7.62. The Bertz CT molecular complexity index is 451. The third-order valence-electron chi connectivity index (χ3n) is 2.51. The molecule has 1 rings (SSSR count). The average Bonchev–Trinajstić information content (AvgIpc) is 2.44. The van der Waals surface area contributed by atoms with Crippen LogP contribution in [0.3, 0.4) is 0 Å². The van der Waals surface area contributed by atoms with Crippen molar-refractivity contribution in [3.8, 4) is 5.75 Å². The lowest BCUT2D eigenvalue weighted by molar-refractivity contribution is -0.133. The summed E-state index contributed by atoms with van der Waals surface area (Å²) in [6.45, 7) is 2.44. The maximum atomic E-state index is 11.6. The number of aryl methyl sites for hydroxylation is 1. The van der Waals surface area contributed by atoms with Crippen molar-refractivity contribution in [2.24, 2.45) is 0 Å². The van der Waals surface area contributed by atoms with Crippen molar-refractivity contribution in [3.63, 3.8) is 0 Å². The van der Waals surface area contributed by atoms with Crippen LogP contribution < -0.4 is 10.1 Å². The van der Waals surface area contributed by atoms with E-state index in [1.54, 1.807) is 0 Å². The molecule has 0 fully saturated rings. The lowest BCUT2D eigenvalue weighted by Gasteiger charge is -2.10. The molecular weight excluding hydrogens is 278 g/mol. The van der Waals surface area contributed by atoms with Crippen LogP contribution in [0.5, 0.6) is 5.75 Å².